The van der Waals surface area contributed by atoms with E-state index in [0.29, 0.717) is 5.92 Å². The molecule has 13 heavy (non-hydrogen) atoms. The molecule has 0 amide bonds. The van der Waals surface area contributed by atoms with Gasteiger partial charge in [-0.2, -0.15) is 5.10 Å². The van der Waals surface area contributed by atoms with E-state index >= 15 is 0 Å². The number of nitrogens with one attached hydrogen (secondary N) is 2. The van der Waals surface area contributed by atoms with Crippen LogP contribution in [0.25, 0.3) is 0 Å². The van der Waals surface area contributed by atoms with Crippen molar-refractivity contribution in [3.63, 3.8) is 0 Å². The van der Waals surface area contributed by atoms with E-state index < -0.39 is 0 Å². The quantitative estimate of drug-likeness (QED) is 0.601. The van der Waals surface area contributed by atoms with Crippen molar-refractivity contribution in [2.24, 2.45) is 5.73 Å². The van der Waals surface area contributed by atoms with Gasteiger partial charge in [-0.3, -0.25) is 5.10 Å². The van der Waals surface area contributed by atoms with E-state index in [1.807, 2.05) is 6.20 Å². The average Bonchev–Trinajstić information content (AvgIpc) is 2.53. The lowest BCUT2D eigenvalue weighted by molar-refractivity contribution is 0.807. The molecule has 1 aromatic heterocycles. The van der Waals surface area contributed by atoms with Crippen LogP contribution in [0.1, 0.15) is 31.9 Å². The van der Waals surface area contributed by atoms with Gasteiger partial charge in [0.1, 0.15) is 0 Å². The number of hydrogen-bond donors (Lipinski definition) is 3. The highest BCUT2D eigenvalue weighted by Crippen LogP contribution is 2.20. The van der Waals surface area contributed by atoms with Crippen molar-refractivity contribution in [1.29, 1.82) is 0 Å². The molecule has 4 N–H and O–H groups in total. The van der Waals surface area contributed by atoms with Crippen molar-refractivity contribution in [3.8, 4) is 0 Å². The molecule has 0 aromatic carbocycles. The Labute approximate surface area is 78.9 Å². The zero-order chi connectivity index (χ0) is 9.68. The summed E-state index contributed by atoms with van der Waals surface area (Å²) in [5.74, 6) is 0.475. The first-order chi connectivity index (χ1) is 6.25. The van der Waals surface area contributed by atoms with Gasteiger partial charge in [0.15, 0.2) is 0 Å². The number of aromatic amines is 1. The first-order valence-corrected chi connectivity index (χ1v) is 4.73. The van der Waals surface area contributed by atoms with Crippen molar-refractivity contribution >= 4 is 5.69 Å². The summed E-state index contributed by atoms with van der Waals surface area (Å²) in [7, 11) is 0. The van der Waals surface area contributed by atoms with Crippen molar-refractivity contribution in [2.45, 2.75) is 26.2 Å². The topological polar surface area (TPSA) is 66.7 Å². The van der Waals surface area contributed by atoms with Crippen LogP contribution in [-0.4, -0.2) is 23.3 Å². The van der Waals surface area contributed by atoms with E-state index in [1.54, 1.807) is 0 Å². The van der Waals surface area contributed by atoms with Crippen LogP contribution in [0.15, 0.2) is 6.20 Å². The molecule has 74 valence electrons. The zero-order valence-corrected chi connectivity index (χ0v) is 8.30. The van der Waals surface area contributed by atoms with E-state index in [4.69, 9.17) is 5.73 Å². The largest absolute Gasteiger partial charge is 0.382 e. The lowest BCUT2D eigenvalue weighted by atomic mass is 10.1. The molecule has 0 fully saturated rings. The predicted octanol–water partition coefficient (Wildman–Crippen LogP) is 1.29. The summed E-state index contributed by atoms with van der Waals surface area (Å²) in [5, 5.41) is 10.3. The normalized spacial score (nSPS) is 10.8. The maximum Gasteiger partial charge on any atom is 0.0759 e. The highest BCUT2D eigenvalue weighted by molar-refractivity contribution is 5.47. The van der Waals surface area contributed by atoms with Gasteiger partial charge >= 0.3 is 0 Å². The molecule has 0 atom stereocenters. The van der Waals surface area contributed by atoms with Crippen LogP contribution in [-0.2, 0) is 0 Å². The number of hydrogen-bond acceptors (Lipinski definition) is 3. The molecule has 0 spiro atoms. The molecule has 4 nitrogen and oxygen atoms in total. The molecule has 4 heteroatoms. The Bertz CT molecular complexity index is 242. The highest BCUT2D eigenvalue weighted by Gasteiger charge is 2.07. The smallest absolute Gasteiger partial charge is 0.0759 e. The van der Waals surface area contributed by atoms with E-state index in [-0.39, 0.29) is 0 Å². The summed E-state index contributed by atoms with van der Waals surface area (Å²) in [5.41, 5.74) is 7.67. The third-order valence-electron chi connectivity index (χ3n) is 1.94. The first kappa shape index (κ1) is 10.1. The molecule has 0 saturated carbocycles. The summed E-state index contributed by atoms with van der Waals surface area (Å²) >= 11 is 0. The van der Waals surface area contributed by atoms with E-state index in [9.17, 15) is 0 Å². The molecule has 0 aliphatic heterocycles. The summed E-state index contributed by atoms with van der Waals surface area (Å²) in [6.07, 6.45) is 2.81. The summed E-state index contributed by atoms with van der Waals surface area (Å²) in [6, 6.07) is 0. The van der Waals surface area contributed by atoms with Crippen LogP contribution in [0.4, 0.5) is 5.69 Å². The number of nitrogens with zero attached hydrogens (tertiary/aromatic N) is 1. The van der Waals surface area contributed by atoms with Crippen LogP contribution in [0.2, 0.25) is 0 Å². The number of rotatable bonds is 5. The fourth-order valence-electron chi connectivity index (χ4n) is 1.20. The molecule has 1 rings (SSSR count). The number of nitrogens with two attached hydrogens (primary N) is 1. The van der Waals surface area contributed by atoms with Crippen molar-refractivity contribution in [1.82, 2.24) is 10.2 Å². The Morgan fingerprint density at radius 2 is 2.38 bits per heavy atom. The number of H-pyrrole nitrogens is 1. The maximum absolute atomic E-state index is 5.40. The van der Waals surface area contributed by atoms with Crippen LogP contribution < -0.4 is 11.1 Å². The third kappa shape index (κ3) is 2.73. The molecule has 1 aromatic rings. The van der Waals surface area contributed by atoms with Crippen molar-refractivity contribution in [3.05, 3.63) is 11.9 Å². The van der Waals surface area contributed by atoms with Crippen molar-refractivity contribution in [2.75, 3.05) is 18.4 Å². The molecule has 0 bridgehead atoms. The van der Waals surface area contributed by atoms with Crippen molar-refractivity contribution < 1.29 is 0 Å². The zero-order valence-electron chi connectivity index (χ0n) is 8.30. The fraction of sp³-hybridized carbons (Fsp3) is 0.667. The monoisotopic (exact) mass is 182 g/mol. The van der Waals surface area contributed by atoms with E-state index in [0.717, 1.165) is 30.9 Å². The van der Waals surface area contributed by atoms with E-state index in [1.165, 1.54) is 0 Å². The Hall–Kier alpha value is -1.03. The lowest BCUT2D eigenvalue weighted by Crippen LogP contribution is -2.09. The Kier molecular flexibility index (Phi) is 3.76. The second-order valence-electron chi connectivity index (χ2n) is 3.42. The molecular formula is C9H18N4. The minimum absolute atomic E-state index is 0.475. The number of aromatic nitrogens is 2. The predicted molar refractivity (Wildman–Crippen MR) is 54.8 cm³/mol. The number of anilines is 1. The Morgan fingerprint density at radius 3 is 3.00 bits per heavy atom. The summed E-state index contributed by atoms with van der Waals surface area (Å²) < 4.78 is 0. The van der Waals surface area contributed by atoms with E-state index in [2.05, 4.69) is 29.4 Å². The highest BCUT2D eigenvalue weighted by atomic mass is 15.1. The summed E-state index contributed by atoms with van der Waals surface area (Å²) in [4.78, 5) is 0. The van der Waals surface area contributed by atoms with Gasteiger partial charge in [-0.25, -0.2) is 0 Å². The Balaban J connectivity index is 2.50. The minimum atomic E-state index is 0.475. The minimum Gasteiger partial charge on any atom is -0.382 e. The Morgan fingerprint density at radius 1 is 1.62 bits per heavy atom. The van der Waals surface area contributed by atoms with Gasteiger partial charge in [0.2, 0.25) is 0 Å². The van der Waals surface area contributed by atoms with Gasteiger partial charge in [-0.05, 0) is 18.9 Å². The summed E-state index contributed by atoms with van der Waals surface area (Å²) in [6.45, 7) is 5.92. The fourth-order valence-corrected chi connectivity index (χ4v) is 1.20. The van der Waals surface area contributed by atoms with Gasteiger partial charge in [0.05, 0.1) is 17.6 Å². The van der Waals surface area contributed by atoms with Crippen LogP contribution in [0.5, 0.6) is 0 Å². The second kappa shape index (κ2) is 4.87. The van der Waals surface area contributed by atoms with Gasteiger partial charge in [-0.15, -0.1) is 0 Å². The van der Waals surface area contributed by atoms with Crippen LogP contribution in [0.3, 0.4) is 0 Å². The third-order valence-corrected chi connectivity index (χ3v) is 1.94. The van der Waals surface area contributed by atoms with Gasteiger partial charge in [0.25, 0.3) is 0 Å². The molecule has 0 saturated heterocycles. The SMILES string of the molecule is CC(C)c1[nH]ncc1NCCCN. The van der Waals surface area contributed by atoms with Gasteiger partial charge in [0, 0.05) is 6.54 Å². The molecule has 1 heterocycles. The molecular weight excluding hydrogens is 164 g/mol. The molecule has 0 unspecified atom stereocenters. The second-order valence-corrected chi connectivity index (χ2v) is 3.42. The lowest BCUT2D eigenvalue weighted by Gasteiger charge is -2.07. The van der Waals surface area contributed by atoms with Crippen LogP contribution >= 0.6 is 0 Å². The molecule has 0 aliphatic carbocycles. The van der Waals surface area contributed by atoms with Gasteiger partial charge < -0.3 is 11.1 Å². The molecule has 0 aliphatic rings. The molecule has 0 radical (unpaired) electrons. The average molecular weight is 182 g/mol. The first-order valence-electron chi connectivity index (χ1n) is 4.73. The van der Waals surface area contributed by atoms with Crippen LogP contribution in [0, 0.1) is 0 Å². The standard InChI is InChI=1S/C9H18N4/c1-7(2)9-8(6-12-13-9)11-5-3-4-10/h6-7,11H,3-5,10H2,1-2H3,(H,12,13). The maximum atomic E-state index is 5.40. The van der Waals surface area contributed by atoms with Gasteiger partial charge in [-0.1, -0.05) is 13.8 Å².